The second-order valence-electron chi connectivity index (χ2n) is 8.02. The lowest BCUT2D eigenvalue weighted by Gasteiger charge is -2.39. The number of amides is 1. The van der Waals surface area contributed by atoms with Crippen molar-refractivity contribution in [2.75, 3.05) is 5.75 Å². The average molecular weight is 337 g/mol. The monoisotopic (exact) mass is 337 g/mol. The molecule has 0 aromatic carbocycles. The summed E-state index contributed by atoms with van der Waals surface area (Å²) in [7, 11) is 0. The molecule has 2 bridgehead atoms. The highest BCUT2D eigenvalue weighted by Crippen LogP contribution is 2.65. The molecule has 2 aliphatic rings. The summed E-state index contributed by atoms with van der Waals surface area (Å²) in [5.41, 5.74) is 0.539. The van der Waals surface area contributed by atoms with Crippen LogP contribution in [0.3, 0.4) is 0 Å². The zero-order valence-electron chi connectivity index (χ0n) is 14.7. The Balaban J connectivity index is 1.58. The number of aromatic nitrogens is 4. The molecule has 3 rings (SSSR count). The van der Waals surface area contributed by atoms with Crippen molar-refractivity contribution in [2.24, 2.45) is 16.7 Å². The molecule has 3 atom stereocenters. The lowest BCUT2D eigenvalue weighted by atomic mass is 9.69. The Bertz CT molecular complexity index is 599. The van der Waals surface area contributed by atoms with E-state index in [4.69, 9.17) is 0 Å². The highest BCUT2D eigenvalue weighted by atomic mass is 32.2. The molecular formula is C16H27N5OS. The maximum atomic E-state index is 12.4. The van der Waals surface area contributed by atoms with Gasteiger partial charge in [0.15, 0.2) is 0 Å². The number of carbonyl (C=O) groups excluding carboxylic acids is 1. The maximum Gasteiger partial charge on any atom is 0.230 e. The van der Waals surface area contributed by atoms with E-state index in [-0.39, 0.29) is 17.4 Å². The zero-order valence-corrected chi connectivity index (χ0v) is 15.5. The van der Waals surface area contributed by atoms with Gasteiger partial charge in [0.1, 0.15) is 0 Å². The van der Waals surface area contributed by atoms with E-state index in [1.807, 2.05) is 13.8 Å². The van der Waals surface area contributed by atoms with Crippen molar-refractivity contribution in [3.05, 3.63) is 0 Å². The molecule has 1 N–H and O–H groups in total. The standard InChI is InChI=1S/C16H27N5OS/c1-10(2)21-14(18-19-20-21)23-9-13(22)17-12-8-11-6-7-16(12,5)15(11,3)4/h10-12H,6-9H2,1-5H3,(H,17,22). The van der Waals surface area contributed by atoms with E-state index in [2.05, 4.69) is 41.6 Å². The first-order valence-electron chi connectivity index (χ1n) is 8.45. The number of thioether (sulfide) groups is 1. The average Bonchev–Trinajstić information content (AvgIpc) is 3.08. The van der Waals surface area contributed by atoms with Crippen LogP contribution in [0.1, 0.15) is 59.9 Å². The van der Waals surface area contributed by atoms with Gasteiger partial charge in [-0.25, -0.2) is 4.68 Å². The summed E-state index contributed by atoms with van der Waals surface area (Å²) < 4.78 is 1.75. The van der Waals surface area contributed by atoms with Gasteiger partial charge in [-0.05, 0) is 60.3 Å². The van der Waals surface area contributed by atoms with Crippen molar-refractivity contribution in [1.29, 1.82) is 0 Å². The van der Waals surface area contributed by atoms with Gasteiger partial charge in [-0.1, -0.05) is 32.5 Å². The Morgan fingerprint density at radius 1 is 1.43 bits per heavy atom. The van der Waals surface area contributed by atoms with E-state index < -0.39 is 0 Å². The number of hydrogen-bond donors (Lipinski definition) is 1. The first-order chi connectivity index (χ1) is 10.8. The van der Waals surface area contributed by atoms with Gasteiger partial charge < -0.3 is 5.32 Å². The number of rotatable bonds is 5. The number of fused-ring (bicyclic) bond motifs is 2. The van der Waals surface area contributed by atoms with Gasteiger partial charge >= 0.3 is 0 Å². The van der Waals surface area contributed by atoms with Crippen molar-refractivity contribution < 1.29 is 4.79 Å². The topological polar surface area (TPSA) is 72.7 Å². The van der Waals surface area contributed by atoms with Crippen LogP contribution >= 0.6 is 11.8 Å². The molecule has 2 aliphatic carbocycles. The third kappa shape index (κ3) is 2.66. The normalized spacial score (nSPS) is 31.7. The van der Waals surface area contributed by atoms with E-state index in [1.54, 1.807) is 4.68 Å². The first kappa shape index (κ1) is 16.7. The highest BCUT2D eigenvalue weighted by molar-refractivity contribution is 7.99. The quantitative estimate of drug-likeness (QED) is 0.836. The molecular weight excluding hydrogens is 310 g/mol. The highest BCUT2D eigenvalue weighted by Gasteiger charge is 2.61. The van der Waals surface area contributed by atoms with Crippen molar-refractivity contribution in [3.63, 3.8) is 0 Å². The van der Waals surface area contributed by atoms with Crippen molar-refractivity contribution in [2.45, 2.75) is 71.1 Å². The lowest BCUT2D eigenvalue weighted by molar-refractivity contribution is -0.120. The molecule has 1 amide bonds. The summed E-state index contributed by atoms with van der Waals surface area (Å²) in [5, 5.41) is 15.6. The first-order valence-corrected chi connectivity index (χ1v) is 9.44. The van der Waals surface area contributed by atoms with Crippen LogP contribution in [0.15, 0.2) is 5.16 Å². The number of carbonyl (C=O) groups is 1. The lowest BCUT2D eigenvalue weighted by Crippen LogP contribution is -2.47. The summed E-state index contributed by atoms with van der Waals surface area (Å²) in [5.74, 6) is 1.19. The van der Waals surface area contributed by atoms with Gasteiger partial charge in [-0.3, -0.25) is 4.79 Å². The molecule has 0 saturated heterocycles. The van der Waals surface area contributed by atoms with Crippen LogP contribution in [0.4, 0.5) is 0 Å². The molecule has 2 fully saturated rings. The molecule has 128 valence electrons. The smallest absolute Gasteiger partial charge is 0.230 e. The minimum Gasteiger partial charge on any atom is -0.352 e. The Morgan fingerprint density at radius 2 is 2.17 bits per heavy atom. The molecule has 0 spiro atoms. The number of nitrogens with zero attached hydrogens (tertiary/aromatic N) is 4. The summed E-state index contributed by atoms with van der Waals surface area (Å²) in [4.78, 5) is 12.4. The molecule has 0 radical (unpaired) electrons. The Kier molecular flexibility index (Phi) is 4.19. The fraction of sp³-hybridized carbons (Fsp3) is 0.875. The molecule has 6 nitrogen and oxygen atoms in total. The van der Waals surface area contributed by atoms with Crippen LogP contribution < -0.4 is 5.32 Å². The SMILES string of the molecule is CC(C)n1nnnc1SCC(=O)NC1CC2CCC1(C)C2(C)C. The summed E-state index contributed by atoms with van der Waals surface area (Å²) in [6.07, 6.45) is 3.63. The zero-order chi connectivity index (χ0) is 16.8. The van der Waals surface area contributed by atoms with Crippen molar-refractivity contribution in [3.8, 4) is 0 Å². The predicted molar refractivity (Wildman–Crippen MR) is 90.1 cm³/mol. The Hall–Kier alpha value is -1.11. The molecule has 1 aromatic rings. The largest absolute Gasteiger partial charge is 0.352 e. The summed E-state index contributed by atoms with van der Waals surface area (Å²) in [6, 6.07) is 0.492. The van der Waals surface area contributed by atoms with E-state index in [9.17, 15) is 4.79 Å². The van der Waals surface area contributed by atoms with Gasteiger partial charge in [0, 0.05) is 6.04 Å². The van der Waals surface area contributed by atoms with Crippen LogP contribution in [0.25, 0.3) is 0 Å². The molecule has 23 heavy (non-hydrogen) atoms. The van der Waals surface area contributed by atoms with E-state index in [0.29, 0.717) is 22.4 Å². The minimum absolute atomic E-state index is 0.0860. The van der Waals surface area contributed by atoms with Crippen LogP contribution in [-0.2, 0) is 4.79 Å². The molecule has 0 aliphatic heterocycles. The van der Waals surface area contributed by atoms with Gasteiger partial charge in [-0.15, -0.1) is 5.10 Å². The Morgan fingerprint density at radius 3 is 2.74 bits per heavy atom. The predicted octanol–water partition coefficient (Wildman–Crippen LogP) is 2.68. The number of nitrogens with one attached hydrogen (secondary N) is 1. The molecule has 2 saturated carbocycles. The molecule has 7 heteroatoms. The second-order valence-corrected chi connectivity index (χ2v) is 8.96. The third-order valence-corrected chi connectivity index (χ3v) is 7.35. The molecule has 3 unspecified atom stereocenters. The van der Waals surface area contributed by atoms with Crippen LogP contribution in [0, 0.1) is 16.7 Å². The van der Waals surface area contributed by atoms with Crippen molar-refractivity contribution >= 4 is 17.7 Å². The minimum atomic E-state index is 0.0860. The number of tetrazole rings is 1. The summed E-state index contributed by atoms with van der Waals surface area (Å²) in [6.45, 7) is 11.1. The van der Waals surface area contributed by atoms with Crippen molar-refractivity contribution in [1.82, 2.24) is 25.5 Å². The molecule has 1 aromatic heterocycles. The third-order valence-electron chi connectivity index (χ3n) is 6.41. The van der Waals surface area contributed by atoms with E-state index >= 15 is 0 Å². The van der Waals surface area contributed by atoms with Gasteiger partial charge in [0.2, 0.25) is 11.1 Å². The number of hydrogen-bond acceptors (Lipinski definition) is 5. The van der Waals surface area contributed by atoms with E-state index in [1.165, 1.54) is 24.6 Å². The van der Waals surface area contributed by atoms with Gasteiger partial charge in [-0.2, -0.15) is 0 Å². The van der Waals surface area contributed by atoms with E-state index in [0.717, 1.165) is 12.3 Å². The van der Waals surface area contributed by atoms with Gasteiger partial charge in [0.25, 0.3) is 0 Å². The van der Waals surface area contributed by atoms with Crippen LogP contribution in [-0.4, -0.2) is 37.9 Å². The fourth-order valence-electron chi connectivity index (χ4n) is 4.39. The van der Waals surface area contributed by atoms with Crippen LogP contribution in [0.5, 0.6) is 0 Å². The maximum absolute atomic E-state index is 12.4. The second kappa shape index (κ2) is 5.76. The molecule has 1 heterocycles. The Labute approximate surface area is 142 Å². The van der Waals surface area contributed by atoms with Gasteiger partial charge in [0.05, 0.1) is 11.8 Å². The van der Waals surface area contributed by atoms with Crippen LogP contribution in [0.2, 0.25) is 0 Å². The fourth-order valence-corrected chi connectivity index (χ4v) is 5.21. The summed E-state index contributed by atoms with van der Waals surface area (Å²) >= 11 is 1.41.